The van der Waals surface area contributed by atoms with Gasteiger partial charge in [0.1, 0.15) is 6.04 Å². The molecule has 1 atom stereocenters. The molecule has 2 amide bonds. The molecule has 0 aromatic carbocycles. The fraction of sp³-hybridized carbons (Fsp3) is 0.778. The Bertz CT molecular complexity index is 204. The van der Waals surface area contributed by atoms with E-state index in [0.717, 1.165) is 0 Å². The number of rotatable bonds is 5. The van der Waals surface area contributed by atoms with Gasteiger partial charge in [-0.15, -0.1) is 0 Å². The fourth-order valence-electron chi connectivity index (χ4n) is 1.10. The van der Waals surface area contributed by atoms with Crippen LogP contribution in [0, 0.1) is 5.92 Å². The Kier molecular flexibility index (Phi) is 5.67. The summed E-state index contributed by atoms with van der Waals surface area (Å²) in [6, 6.07) is -1.34. The SMILES string of the molecule is CCOC(=O)C(CC(C)C)NC(N)=O. The summed E-state index contributed by atoms with van der Waals surface area (Å²) in [5, 5.41) is 2.36. The molecule has 0 aliphatic heterocycles. The van der Waals surface area contributed by atoms with Crippen LogP contribution in [0.25, 0.3) is 0 Å². The summed E-state index contributed by atoms with van der Waals surface area (Å²) in [7, 11) is 0. The number of esters is 1. The van der Waals surface area contributed by atoms with E-state index in [4.69, 9.17) is 10.5 Å². The number of nitrogens with one attached hydrogen (secondary N) is 1. The number of hydrogen-bond donors (Lipinski definition) is 2. The van der Waals surface area contributed by atoms with Crippen molar-refractivity contribution < 1.29 is 14.3 Å². The third-order valence-corrected chi connectivity index (χ3v) is 1.59. The third kappa shape index (κ3) is 5.40. The number of urea groups is 1. The van der Waals surface area contributed by atoms with Gasteiger partial charge in [-0.25, -0.2) is 9.59 Å². The van der Waals surface area contributed by atoms with E-state index >= 15 is 0 Å². The van der Waals surface area contributed by atoms with Crippen LogP contribution in [0.15, 0.2) is 0 Å². The maximum Gasteiger partial charge on any atom is 0.328 e. The maximum absolute atomic E-state index is 11.3. The Morgan fingerprint density at radius 2 is 2.00 bits per heavy atom. The quantitative estimate of drug-likeness (QED) is 0.641. The number of hydrogen-bond acceptors (Lipinski definition) is 3. The molecule has 0 radical (unpaired) electrons. The van der Waals surface area contributed by atoms with Gasteiger partial charge in [0.15, 0.2) is 0 Å². The topological polar surface area (TPSA) is 81.4 Å². The molecule has 0 saturated heterocycles. The standard InChI is InChI=1S/C9H18N2O3/c1-4-14-8(12)7(5-6(2)3)11-9(10)13/h6-7H,4-5H2,1-3H3,(H3,10,11,13). The van der Waals surface area contributed by atoms with Crippen molar-refractivity contribution in [3.63, 3.8) is 0 Å². The molecule has 0 heterocycles. The van der Waals surface area contributed by atoms with Crippen LogP contribution < -0.4 is 11.1 Å². The van der Waals surface area contributed by atoms with Gasteiger partial charge in [0.25, 0.3) is 0 Å². The van der Waals surface area contributed by atoms with Crippen LogP contribution in [0.2, 0.25) is 0 Å². The second-order valence-electron chi connectivity index (χ2n) is 3.44. The van der Waals surface area contributed by atoms with E-state index in [1.807, 2.05) is 13.8 Å². The molecule has 0 aliphatic carbocycles. The summed E-state index contributed by atoms with van der Waals surface area (Å²) in [4.78, 5) is 21.9. The summed E-state index contributed by atoms with van der Waals surface area (Å²) in [6.07, 6.45) is 0.530. The maximum atomic E-state index is 11.3. The highest BCUT2D eigenvalue weighted by atomic mass is 16.5. The van der Waals surface area contributed by atoms with Crippen molar-refractivity contribution in [1.29, 1.82) is 0 Å². The second kappa shape index (κ2) is 6.23. The molecule has 0 rings (SSSR count). The second-order valence-corrected chi connectivity index (χ2v) is 3.44. The minimum Gasteiger partial charge on any atom is -0.464 e. The lowest BCUT2D eigenvalue weighted by Gasteiger charge is -2.17. The van der Waals surface area contributed by atoms with E-state index in [2.05, 4.69) is 5.32 Å². The molecule has 14 heavy (non-hydrogen) atoms. The monoisotopic (exact) mass is 202 g/mol. The van der Waals surface area contributed by atoms with Gasteiger partial charge in [0.05, 0.1) is 6.61 Å². The predicted molar refractivity (Wildman–Crippen MR) is 52.6 cm³/mol. The summed E-state index contributed by atoms with van der Waals surface area (Å²) in [5.41, 5.74) is 4.95. The summed E-state index contributed by atoms with van der Waals surface area (Å²) in [6.45, 7) is 5.92. The molecular weight excluding hydrogens is 184 g/mol. The van der Waals surface area contributed by atoms with Crippen LogP contribution in [0.4, 0.5) is 4.79 Å². The first kappa shape index (κ1) is 12.7. The van der Waals surface area contributed by atoms with Gasteiger partial charge >= 0.3 is 12.0 Å². The number of primary amides is 1. The molecule has 0 aliphatic rings. The zero-order valence-corrected chi connectivity index (χ0v) is 8.87. The van der Waals surface area contributed by atoms with E-state index < -0.39 is 18.0 Å². The van der Waals surface area contributed by atoms with Crippen LogP contribution in [-0.2, 0) is 9.53 Å². The Balaban J connectivity index is 4.22. The lowest BCUT2D eigenvalue weighted by molar-refractivity contribution is -0.145. The molecular formula is C9H18N2O3. The minimum absolute atomic E-state index is 0.288. The first-order chi connectivity index (χ1) is 6.47. The summed E-state index contributed by atoms with van der Waals surface area (Å²) < 4.78 is 4.80. The number of nitrogens with two attached hydrogens (primary N) is 1. The van der Waals surface area contributed by atoms with Crippen molar-refractivity contribution in [1.82, 2.24) is 5.32 Å². The van der Waals surface area contributed by atoms with Crippen LogP contribution in [0.5, 0.6) is 0 Å². The van der Waals surface area contributed by atoms with Gasteiger partial charge in [-0.1, -0.05) is 13.8 Å². The van der Waals surface area contributed by atoms with E-state index in [1.54, 1.807) is 6.92 Å². The molecule has 0 fully saturated rings. The average molecular weight is 202 g/mol. The van der Waals surface area contributed by atoms with Crippen molar-refractivity contribution in [2.75, 3.05) is 6.61 Å². The zero-order chi connectivity index (χ0) is 11.1. The Hall–Kier alpha value is -1.26. The predicted octanol–water partition coefficient (Wildman–Crippen LogP) is 0.633. The molecule has 0 saturated carbocycles. The Morgan fingerprint density at radius 3 is 2.36 bits per heavy atom. The highest BCUT2D eigenvalue weighted by Crippen LogP contribution is 2.06. The first-order valence-corrected chi connectivity index (χ1v) is 4.70. The van der Waals surface area contributed by atoms with Crippen LogP contribution in [0.3, 0.4) is 0 Å². The number of carbonyl (C=O) groups is 2. The van der Waals surface area contributed by atoms with Crippen molar-refractivity contribution in [3.8, 4) is 0 Å². The Morgan fingerprint density at radius 1 is 1.43 bits per heavy atom. The minimum atomic E-state index is -0.705. The normalized spacial score (nSPS) is 12.3. The summed E-state index contributed by atoms with van der Waals surface area (Å²) in [5.74, 6) is -0.142. The Labute approximate surface area is 84.0 Å². The highest BCUT2D eigenvalue weighted by molar-refractivity contribution is 5.82. The zero-order valence-electron chi connectivity index (χ0n) is 8.87. The molecule has 0 aromatic heterocycles. The van der Waals surface area contributed by atoms with Gasteiger partial charge in [0, 0.05) is 0 Å². The lowest BCUT2D eigenvalue weighted by Crippen LogP contribution is -2.45. The van der Waals surface area contributed by atoms with Crippen LogP contribution in [-0.4, -0.2) is 24.6 Å². The molecule has 82 valence electrons. The largest absolute Gasteiger partial charge is 0.464 e. The smallest absolute Gasteiger partial charge is 0.328 e. The van der Waals surface area contributed by atoms with Gasteiger partial charge in [0.2, 0.25) is 0 Å². The lowest BCUT2D eigenvalue weighted by atomic mass is 10.0. The molecule has 1 unspecified atom stereocenters. The summed E-state index contributed by atoms with van der Waals surface area (Å²) >= 11 is 0. The molecule has 5 nitrogen and oxygen atoms in total. The van der Waals surface area contributed by atoms with Crippen molar-refractivity contribution in [2.24, 2.45) is 11.7 Å². The van der Waals surface area contributed by atoms with Gasteiger partial charge in [-0.2, -0.15) is 0 Å². The van der Waals surface area contributed by atoms with Crippen molar-refractivity contribution >= 4 is 12.0 Å². The van der Waals surface area contributed by atoms with Gasteiger partial charge in [-0.3, -0.25) is 0 Å². The number of ether oxygens (including phenoxy) is 1. The van der Waals surface area contributed by atoms with Crippen LogP contribution in [0.1, 0.15) is 27.2 Å². The van der Waals surface area contributed by atoms with Gasteiger partial charge < -0.3 is 15.8 Å². The van der Waals surface area contributed by atoms with E-state index in [1.165, 1.54) is 0 Å². The highest BCUT2D eigenvalue weighted by Gasteiger charge is 2.21. The molecule has 0 aromatic rings. The fourth-order valence-corrected chi connectivity index (χ4v) is 1.10. The number of amides is 2. The third-order valence-electron chi connectivity index (χ3n) is 1.59. The first-order valence-electron chi connectivity index (χ1n) is 4.70. The number of carbonyl (C=O) groups excluding carboxylic acids is 2. The van der Waals surface area contributed by atoms with E-state index in [0.29, 0.717) is 13.0 Å². The molecule has 0 spiro atoms. The van der Waals surface area contributed by atoms with Crippen molar-refractivity contribution in [2.45, 2.75) is 33.2 Å². The molecule has 0 bridgehead atoms. The van der Waals surface area contributed by atoms with Gasteiger partial charge in [-0.05, 0) is 19.3 Å². The van der Waals surface area contributed by atoms with Crippen molar-refractivity contribution in [3.05, 3.63) is 0 Å². The molecule has 3 N–H and O–H groups in total. The average Bonchev–Trinajstić information content (AvgIpc) is 2.01. The van der Waals surface area contributed by atoms with Crippen LogP contribution >= 0.6 is 0 Å². The molecule has 5 heteroatoms. The van der Waals surface area contributed by atoms with E-state index in [9.17, 15) is 9.59 Å². The van der Waals surface area contributed by atoms with E-state index in [-0.39, 0.29) is 5.92 Å².